The van der Waals surface area contributed by atoms with Crippen molar-refractivity contribution in [1.82, 2.24) is 0 Å². The van der Waals surface area contributed by atoms with Crippen LogP contribution in [0.15, 0.2) is 60.7 Å². The molecule has 0 heterocycles. The first kappa shape index (κ1) is 12.6. The average molecular weight is 235 g/mol. The van der Waals surface area contributed by atoms with Crippen molar-refractivity contribution in [3.8, 4) is 0 Å². The lowest BCUT2D eigenvalue weighted by Crippen LogP contribution is -2.17. The van der Waals surface area contributed by atoms with E-state index < -0.39 is 0 Å². The Bertz CT molecular complexity index is 387. The highest BCUT2D eigenvalue weighted by molar-refractivity contribution is 6.24. The predicted molar refractivity (Wildman–Crippen MR) is 70.1 cm³/mol. The van der Waals surface area contributed by atoms with Crippen LogP contribution >= 0.6 is 11.8 Å². The first-order valence-corrected chi connectivity index (χ1v) is 5.31. The first-order chi connectivity index (χ1) is 7.70. The van der Waals surface area contributed by atoms with Crippen LogP contribution in [0.2, 0.25) is 0 Å². The minimum atomic E-state index is 0.791. The van der Waals surface area contributed by atoms with Gasteiger partial charge in [-0.1, -0.05) is 54.1 Å². The molecule has 2 N–H and O–H groups in total. The molecule has 0 aliphatic rings. The van der Waals surface area contributed by atoms with E-state index in [0.717, 1.165) is 10.2 Å². The van der Waals surface area contributed by atoms with Gasteiger partial charge in [0.25, 0.3) is 0 Å². The fourth-order valence-electron chi connectivity index (χ4n) is 1.10. The van der Waals surface area contributed by atoms with E-state index in [1.165, 1.54) is 5.56 Å². The molecule has 2 nitrogen and oxygen atoms in total. The third-order valence-corrected chi connectivity index (χ3v) is 2.14. The molecule has 0 unspecified atom stereocenters. The summed E-state index contributed by atoms with van der Waals surface area (Å²) in [5, 5.41) is 0. The molecule has 0 saturated heterocycles. The second kappa shape index (κ2) is 6.88. The van der Waals surface area contributed by atoms with E-state index in [4.69, 9.17) is 17.6 Å². The number of hydrogen-bond acceptors (Lipinski definition) is 2. The van der Waals surface area contributed by atoms with E-state index >= 15 is 0 Å². The van der Waals surface area contributed by atoms with Gasteiger partial charge in [-0.3, -0.25) is 0 Å². The smallest absolute Gasteiger partial charge is 0.0703 e. The zero-order chi connectivity index (χ0) is 11.8. The maximum atomic E-state index is 5.41. The largest absolute Gasteiger partial charge is 0.232 e. The van der Waals surface area contributed by atoms with E-state index in [2.05, 4.69) is 19.1 Å². The summed E-state index contributed by atoms with van der Waals surface area (Å²) in [6.45, 7) is 2.08. The highest BCUT2D eigenvalue weighted by Gasteiger charge is 1.91. The van der Waals surface area contributed by atoms with Crippen molar-refractivity contribution >= 4 is 17.5 Å². The van der Waals surface area contributed by atoms with Gasteiger partial charge in [-0.15, -0.1) is 0 Å². The molecule has 0 radical (unpaired) electrons. The van der Waals surface area contributed by atoms with Crippen LogP contribution in [-0.4, -0.2) is 0 Å². The van der Waals surface area contributed by atoms with Crippen LogP contribution in [0, 0.1) is 6.92 Å². The summed E-state index contributed by atoms with van der Waals surface area (Å²) in [6.07, 6.45) is 0. The van der Waals surface area contributed by atoms with E-state index in [1.54, 1.807) is 0 Å². The predicted octanol–water partition coefficient (Wildman–Crippen LogP) is 3.52. The molecular weight excluding hydrogens is 220 g/mol. The number of nitrogens with zero attached hydrogens (tertiary/aromatic N) is 1. The summed E-state index contributed by atoms with van der Waals surface area (Å²) in [5.74, 6) is 5.21. The maximum Gasteiger partial charge on any atom is 0.0703 e. The van der Waals surface area contributed by atoms with Crippen LogP contribution < -0.4 is 10.4 Å². The Morgan fingerprint density at radius 3 is 1.56 bits per heavy atom. The Morgan fingerprint density at radius 2 is 1.31 bits per heavy atom. The van der Waals surface area contributed by atoms with Crippen LogP contribution in [0.3, 0.4) is 0 Å². The van der Waals surface area contributed by atoms with E-state index in [9.17, 15) is 0 Å². The van der Waals surface area contributed by atoms with Gasteiger partial charge in [0.2, 0.25) is 0 Å². The third-order valence-electron chi connectivity index (χ3n) is 1.94. The van der Waals surface area contributed by atoms with E-state index in [-0.39, 0.29) is 0 Å². The van der Waals surface area contributed by atoms with Crippen molar-refractivity contribution in [2.24, 2.45) is 5.84 Å². The molecule has 16 heavy (non-hydrogen) atoms. The van der Waals surface area contributed by atoms with Crippen molar-refractivity contribution in [2.75, 3.05) is 4.53 Å². The fraction of sp³-hybridized carbons (Fsp3) is 0.0769. The zero-order valence-electron chi connectivity index (χ0n) is 9.18. The summed E-state index contributed by atoms with van der Waals surface area (Å²) in [7, 11) is 0. The van der Waals surface area contributed by atoms with Gasteiger partial charge < -0.3 is 0 Å². The van der Waals surface area contributed by atoms with Crippen molar-refractivity contribution in [1.29, 1.82) is 0 Å². The van der Waals surface area contributed by atoms with Crippen LogP contribution in [-0.2, 0) is 0 Å². The van der Waals surface area contributed by atoms with Crippen LogP contribution in [0.1, 0.15) is 5.56 Å². The highest BCUT2D eigenvalue weighted by Crippen LogP contribution is 2.09. The molecule has 0 aromatic heterocycles. The Balaban J connectivity index is 0.000000165. The monoisotopic (exact) mass is 234 g/mol. The minimum absolute atomic E-state index is 0.791. The Kier molecular flexibility index (Phi) is 5.40. The maximum absolute atomic E-state index is 5.41. The quantitative estimate of drug-likeness (QED) is 0.465. The van der Waals surface area contributed by atoms with Gasteiger partial charge in [-0.25, -0.2) is 10.4 Å². The number of rotatable bonds is 1. The SMILES string of the molecule is Cc1ccccc1.NN(Cl)c1ccccc1. The first-order valence-electron chi connectivity index (χ1n) is 4.97. The second-order valence-corrected chi connectivity index (χ2v) is 3.67. The lowest BCUT2D eigenvalue weighted by Gasteiger charge is -2.05. The molecule has 3 heteroatoms. The molecule has 0 atom stereocenters. The van der Waals surface area contributed by atoms with Crippen molar-refractivity contribution in [3.63, 3.8) is 0 Å². The molecular formula is C13H15ClN2. The van der Waals surface area contributed by atoms with Gasteiger partial charge in [0.05, 0.1) is 5.69 Å². The van der Waals surface area contributed by atoms with Gasteiger partial charge in [0, 0.05) is 11.8 Å². The van der Waals surface area contributed by atoms with Crippen molar-refractivity contribution < 1.29 is 0 Å². The lowest BCUT2D eigenvalue weighted by atomic mass is 10.2. The second-order valence-electron chi connectivity index (χ2n) is 3.30. The minimum Gasteiger partial charge on any atom is -0.232 e. The van der Waals surface area contributed by atoms with Crippen molar-refractivity contribution in [3.05, 3.63) is 66.2 Å². The number of nitrogens with two attached hydrogens (primary N) is 1. The summed E-state index contributed by atoms with van der Waals surface area (Å²) in [6, 6.07) is 19.6. The molecule has 84 valence electrons. The van der Waals surface area contributed by atoms with Crippen LogP contribution in [0.25, 0.3) is 0 Å². The normalized spacial score (nSPS) is 8.94. The standard InChI is InChI=1S/C7H8.C6H7ClN2/c1-7-5-3-2-4-6-7;7-9(8)6-4-2-1-3-5-6/h2-6H,1H3;1-5H,8H2. The summed E-state index contributed by atoms with van der Waals surface area (Å²) in [5.41, 5.74) is 2.11. The molecule has 2 aromatic carbocycles. The van der Waals surface area contributed by atoms with Gasteiger partial charge >= 0.3 is 0 Å². The number of halogens is 1. The summed E-state index contributed by atoms with van der Waals surface area (Å²) in [4.78, 5) is 0. The topological polar surface area (TPSA) is 29.3 Å². The molecule has 0 spiro atoms. The number of benzene rings is 2. The van der Waals surface area contributed by atoms with Gasteiger partial charge in [-0.05, 0) is 19.1 Å². The Hall–Kier alpha value is -1.51. The van der Waals surface area contributed by atoms with Crippen LogP contribution in [0.5, 0.6) is 0 Å². The zero-order valence-corrected chi connectivity index (χ0v) is 9.93. The molecule has 0 saturated carbocycles. The molecule has 2 rings (SSSR count). The Labute approximate surface area is 101 Å². The van der Waals surface area contributed by atoms with Gasteiger partial charge in [0.1, 0.15) is 0 Å². The molecule has 0 fully saturated rings. The molecule has 0 aliphatic heterocycles. The molecule has 2 aromatic rings. The molecule has 0 bridgehead atoms. The number of hydrazine groups is 1. The summed E-state index contributed by atoms with van der Waals surface area (Å²) >= 11 is 5.41. The van der Waals surface area contributed by atoms with Gasteiger partial charge in [-0.2, -0.15) is 0 Å². The van der Waals surface area contributed by atoms with Crippen molar-refractivity contribution in [2.45, 2.75) is 6.92 Å². The third kappa shape index (κ3) is 4.82. The molecule has 0 aliphatic carbocycles. The number of para-hydroxylation sites is 1. The Morgan fingerprint density at radius 1 is 0.875 bits per heavy atom. The van der Waals surface area contributed by atoms with E-state index in [0.29, 0.717) is 0 Å². The average Bonchev–Trinajstić information content (AvgIpc) is 2.32. The number of aryl methyl sites for hydroxylation is 1. The highest BCUT2D eigenvalue weighted by atomic mass is 35.5. The lowest BCUT2D eigenvalue weighted by molar-refractivity contribution is 1.19. The molecule has 0 amide bonds. The van der Waals surface area contributed by atoms with Gasteiger partial charge in [0.15, 0.2) is 0 Å². The number of hydrogen-bond donors (Lipinski definition) is 1. The van der Waals surface area contributed by atoms with Crippen LogP contribution in [0.4, 0.5) is 5.69 Å². The fourth-order valence-corrected chi connectivity index (χ4v) is 1.22. The summed E-state index contributed by atoms with van der Waals surface area (Å²) < 4.78 is 1.06. The number of anilines is 1. The van der Waals surface area contributed by atoms with E-state index in [1.807, 2.05) is 48.5 Å².